The summed E-state index contributed by atoms with van der Waals surface area (Å²) >= 11 is 0. The zero-order valence-corrected chi connectivity index (χ0v) is 11.7. The third-order valence-electron chi connectivity index (χ3n) is 3.37. The quantitative estimate of drug-likeness (QED) is 0.775. The number of fused-ring (bicyclic) bond motifs is 1. The Labute approximate surface area is 114 Å². The van der Waals surface area contributed by atoms with Crippen molar-refractivity contribution in [1.82, 2.24) is 5.32 Å². The van der Waals surface area contributed by atoms with Crippen LogP contribution >= 0.6 is 0 Å². The Hall–Kier alpha value is -1.55. The topological polar surface area (TPSA) is 50.4 Å². The molecule has 1 aromatic rings. The van der Waals surface area contributed by atoms with E-state index in [2.05, 4.69) is 24.5 Å². The summed E-state index contributed by atoms with van der Waals surface area (Å²) < 4.78 is 5.35. The second-order valence-corrected chi connectivity index (χ2v) is 4.98. The lowest BCUT2D eigenvalue weighted by atomic mass is 10.1. The summed E-state index contributed by atoms with van der Waals surface area (Å²) in [5.41, 5.74) is 1.94. The molecule has 1 aliphatic rings. The van der Waals surface area contributed by atoms with E-state index in [0.29, 0.717) is 0 Å². The number of nitrogens with one attached hydrogen (secondary N) is 2. The van der Waals surface area contributed by atoms with Gasteiger partial charge in [0.15, 0.2) is 6.61 Å². The van der Waals surface area contributed by atoms with E-state index >= 15 is 0 Å². The number of unbranched alkanes of at least 4 members (excludes halogenated alkanes) is 2. The van der Waals surface area contributed by atoms with Gasteiger partial charge in [-0.15, -0.1) is 0 Å². The van der Waals surface area contributed by atoms with Gasteiger partial charge in [-0.3, -0.25) is 4.79 Å². The summed E-state index contributed by atoms with van der Waals surface area (Å²) in [6.07, 6.45) is 3.69. The Balaban J connectivity index is 1.96. The number of ether oxygens (including phenoxy) is 1. The molecule has 2 rings (SSSR count). The van der Waals surface area contributed by atoms with Gasteiger partial charge in [0.2, 0.25) is 0 Å². The third-order valence-corrected chi connectivity index (χ3v) is 3.37. The fourth-order valence-corrected chi connectivity index (χ4v) is 2.18. The average Bonchev–Trinajstić information content (AvgIpc) is 2.42. The summed E-state index contributed by atoms with van der Waals surface area (Å²) in [6.45, 7) is 5.47. The van der Waals surface area contributed by atoms with Crippen molar-refractivity contribution in [2.24, 2.45) is 0 Å². The van der Waals surface area contributed by atoms with Gasteiger partial charge < -0.3 is 15.4 Å². The fraction of sp³-hybridized carbons (Fsp3) is 0.533. The van der Waals surface area contributed by atoms with Crippen LogP contribution in [0.4, 0.5) is 5.69 Å². The maximum atomic E-state index is 11.3. The number of hydrogen-bond donors (Lipinski definition) is 2. The normalized spacial score (nSPS) is 15.4. The minimum Gasteiger partial charge on any atom is -0.482 e. The number of benzene rings is 1. The van der Waals surface area contributed by atoms with Crippen LogP contribution in [0, 0.1) is 0 Å². The van der Waals surface area contributed by atoms with Gasteiger partial charge in [0.05, 0.1) is 5.69 Å². The molecular formula is C15H22N2O2. The van der Waals surface area contributed by atoms with Crippen LogP contribution in [0.5, 0.6) is 5.75 Å². The molecule has 4 heteroatoms. The second kappa shape index (κ2) is 6.57. The molecule has 0 radical (unpaired) electrons. The van der Waals surface area contributed by atoms with E-state index in [-0.39, 0.29) is 18.6 Å². The van der Waals surface area contributed by atoms with Gasteiger partial charge in [0.25, 0.3) is 5.91 Å². The van der Waals surface area contributed by atoms with Crippen molar-refractivity contribution in [2.75, 3.05) is 18.5 Å². The van der Waals surface area contributed by atoms with Crippen molar-refractivity contribution >= 4 is 11.6 Å². The van der Waals surface area contributed by atoms with Crippen LogP contribution in [0.25, 0.3) is 0 Å². The zero-order valence-electron chi connectivity index (χ0n) is 11.7. The summed E-state index contributed by atoms with van der Waals surface area (Å²) in [6, 6.07) is 6.24. The maximum Gasteiger partial charge on any atom is 0.262 e. The minimum atomic E-state index is -0.0896. The number of hydrogen-bond acceptors (Lipinski definition) is 3. The molecule has 0 fully saturated rings. The van der Waals surface area contributed by atoms with Crippen LogP contribution in [0.15, 0.2) is 18.2 Å². The Kier molecular flexibility index (Phi) is 4.80. The molecule has 0 bridgehead atoms. The van der Waals surface area contributed by atoms with Crippen LogP contribution < -0.4 is 15.4 Å². The highest BCUT2D eigenvalue weighted by molar-refractivity contribution is 5.95. The molecule has 1 atom stereocenters. The highest BCUT2D eigenvalue weighted by atomic mass is 16.5. The van der Waals surface area contributed by atoms with E-state index in [0.717, 1.165) is 18.0 Å². The molecule has 0 aromatic heterocycles. The van der Waals surface area contributed by atoms with Gasteiger partial charge in [0, 0.05) is 6.04 Å². The van der Waals surface area contributed by atoms with E-state index in [1.165, 1.54) is 24.8 Å². The highest BCUT2D eigenvalue weighted by Crippen LogP contribution is 2.30. The maximum absolute atomic E-state index is 11.3. The van der Waals surface area contributed by atoms with Crippen LogP contribution in [0.3, 0.4) is 0 Å². The summed E-state index contributed by atoms with van der Waals surface area (Å²) in [7, 11) is 0. The van der Waals surface area contributed by atoms with E-state index in [4.69, 9.17) is 4.74 Å². The number of carbonyl (C=O) groups excluding carboxylic acids is 1. The molecule has 19 heavy (non-hydrogen) atoms. The van der Waals surface area contributed by atoms with E-state index in [1.807, 2.05) is 18.2 Å². The van der Waals surface area contributed by atoms with Crippen molar-refractivity contribution < 1.29 is 9.53 Å². The molecule has 1 aromatic carbocycles. The smallest absolute Gasteiger partial charge is 0.262 e. The first-order chi connectivity index (χ1) is 9.20. The molecule has 0 saturated heterocycles. The predicted molar refractivity (Wildman–Crippen MR) is 76.5 cm³/mol. The Morgan fingerprint density at radius 3 is 3.05 bits per heavy atom. The van der Waals surface area contributed by atoms with Crippen LogP contribution in [0.2, 0.25) is 0 Å². The van der Waals surface area contributed by atoms with Gasteiger partial charge in [0.1, 0.15) is 5.75 Å². The second-order valence-electron chi connectivity index (χ2n) is 4.98. The van der Waals surface area contributed by atoms with Crippen LogP contribution in [-0.4, -0.2) is 19.1 Å². The predicted octanol–water partition coefficient (Wildman–Crippen LogP) is 2.86. The average molecular weight is 262 g/mol. The zero-order chi connectivity index (χ0) is 13.7. The summed E-state index contributed by atoms with van der Waals surface area (Å²) in [4.78, 5) is 11.3. The van der Waals surface area contributed by atoms with Gasteiger partial charge in [-0.1, -0.05) is 25.8 Å². The Morgan fingerprint density at radius 2 is 2.26 bits per heavy atom. The standard InChI is InChI=1S/C15H22N2O2/c1-3-4-5-8-16-11(2)12-6-7-14-13(9-12)17-15(18)10-19-14/h6-7,9,11,16H,3-5,8,10H2,1-2H3,(H,17,18). The van der Waals surface area contributed by atoms with Crippen molar-refractivity contribution in [3.63, 3.8) is 0 Å². The first kappa shape index (κ1) is 13.9. The van der Waals surface area contributed by atoms with E-state index in [1.54, 1.807) is 0 Å². The van der Waals surface area contributed by atoms with E-state index in [9.17, 15) is 4.79 Å². The number of rotatable bonds is 6. The lowest BCUT2D eigenvalue weighted by Gasteiger charge is -2.21. The first-order valence-electron chi connectivity index (χ1n) is 7.00. The molecule has 0 saturated carbocycles. The molecule has 2 N–H and O–H groups in total. The SMILES string of the molecule is CCCCCNC(C)c1ccc2c(c1)NC(=O)CO2. The lowest BCUT2D eigenvalue weighted by molar-refractivity contribution is -0.118. The highest BCUT2D eigenvalue weighted by Gasteiger charge is 2.17. The van der Waals surface area contributed by atoms with Crippen LogP contribution in [-0.2, 0) is 4.79 Å². The third kappa shape index (κ3) is 3.70. The van der Waals surface area contributed by atoms with Crippen molar-refractivity contribution in [2.45, 2.75) is 39.2 Å². The van der Waals surface area contributed by atoms with Crippen molar-refractivity contribution in [1.29, 1.82) is 0 Å². The lowest BCUT2D eigenvalue weighted by Crippen LogP contribution is -2.26. The van der Waals surface area contributed by atoms with Crippen molar-refractivity contribution in [3.05, 3.63) is 23.8 Å². The fourth-order valence-electron chi connectivity index (χ4n) is 2.18. The molecular weight excluding hydrogens is 240 g/mol. The Bertz CT molecular complexity index is 446. The van der Waals surface area contributed by atoms with Crippen molar-refractivity contribution in [3.8, 4) is 5.75 Å². The number of carbonyl (C=O) groups is 1. The first-order valence-corrected chi connectivity index (χ1v) is 7.00. The molecule has 0 aliphatic carbocycles. The van der Waals surface area contributed by atoms with E-state index < -0.39 is 0 Å². The summed E-state index contributed by atoms with van der Waals surface area (Å²) in [5, 5.41) is 6.34. The molecule has 4 nitrogen and oxygen atoms in total. The number of amides is 1. The molecule has 0 spiro atoms. The Morgan fingerprint density at radius 1 is 1.42 bits per heavy atom. The van der Waals surface area contributed by atoms with Gasteiger partial charge >= 0.3 is 0 Å². The molecule has 1 aliphatic heterocycles. The van der Waals surface area contributed by atoms with Gasteiger partial charge in [-0.25, -0.2) is 0 Å². The monoisotopic (exact) mass is 262 g/mol. The number of anilines is 1. The van der Waals surface area contributed by atoms with Gasteiger partial charge in [-0.2, -0.15) is 0 Å². The summed E-state index contributed by atoms with van der Waals surface area (Å²) in [5.74, 6) is 0.662. The minimum absolute atomic E-state index is 0.0896. The van der Waals surface area contributed by atoms with Crippen LogP contribution in [0.1, 0.15) is 44.7 Å². The van der Waals surface area contributed by atoms with Gasteiger partial charge in [-0.05, 0) is 37.6 Å². The molecule has 1 amide bonds. The molecule has 1 unspecified atom stereocenters. The molecule has 104 valence electrons. The molecule has 1 heterocycles. The largest absolute Gasteiger partial charge is 0.482 e.